The van der Waals surface area contributed by atoms with E-state index < -0.39 is 23.2 Å². The van der Waals surface area contributed by atoms with Crippen LogP contribution >= 0.6 is 0 Å². The van der Waals surface area contributed by atoms with Gasteiger partial charge in [-0.05, 0) is 46.1 Å². The fourth-order valence-electron chi connectivity index (χ4n) is 2.94. The number of methoxy groups -OCH3 is 1. The molecule has 1 aliphatic rings. The van der Waals surface area contributed by atoms with Gasteiger partial charge in [-0.2, -0.15) is 0 Å². The molecule has 2 rings (SSSR count). The average molecular weight is 319 g/mol. The SMILES string of the molecule is COC(=O)[C@@]1(NC(=O)OC(C)(C)C)CC[C@@H]1c1ccc(C)cc1. The number of alkyl carbamates (subject to hydrolysis) is 1. The van der Waals surface area contributed by atoms with Gasteiger partial charge in [0.2, 0.25) is 0 Å². The monoisotopic (exact) mass is 319 g/mol. The number of rotatable bonds is 3. The highest BCUT2D eigenvalue weighted by Crippen LogP contribution is 2.47. The normalized spacial score (nSPS) is 23.6. The van der Waals surface area contributed by atoms with Crippen LogP contribution in [-0.2, 0) is 14.3 Å². The molecule has 0 heterocycles. The molecule has 0 saturated heterocycles. The summed E-state index contributed by atoms with van der Waals surface area (Å²) in [6.45, 7) is 7.37. The van der Waals surface area contributed by atoms with Crippen molar-refractivity contribution in [3.05, 3.63) is 35.4 Å². The Kier molecular flexibility index (Phi) is 4.68. The van der Waals surface area contributed by atoms with Gasteiger partial charge >= 0.3 is 12.1 Å². The van der Waals surface area contributed by atoms with Gasteiger partial charge in [-0.25, -0.2) is 9.59 Å². The van der Waals surface area contributed by atoms with E-state index in [9.17, 15) is 9.59 Å². The van der Waals surface area contributed by atoms with Crippen molar-refractivity contribution in [2.24, 2.45) is 0 Å². The van der Waals surface area contributed by atoms with Crippen LogP contribution in [0.2, 0.25) is 0 Å². The van der Waals surface area contributed by atoms with Crippen molar-refractivity contribution in [1.29, 1.82) is 0 Å². The fourth-order valence-corrected chi connectivity index (χ4v) is 2.94. The van der Waals surface area contributed by atoms with Crippen LogP contribution in [0.1, 0.15) is 50.7 Å². The second-order valence-corrected chi connectivity index (χ2v) is 7.09. The summed E-state index contributed by atoms with van der Waals surface area (Å²) in [5, 5.41) is 2.76. The Hall–Kier alpha value is -2.04. The van der Waals surface area contributed by atoms with Crippen LogP contribution in [0.5, 0.6) is 0 Å². The van der Waals surface area contributed by atoms with E-state index in [1.807, 2.05) is 31.2 Å². The van der Waals surface area contributed by atoms with Crippen LogP contribution in [0, 0.1) is 6.92 Å². The summed E-state index contributed by atoms with van der Waals surface area (Å²) in [6, 6.07) is 7.99. The maximum Gasteiger partial charge on any atom is 0.408 e. The summed E-state index contributed by atoms with van der Waals surface area (Å²) in [5.41, 5.74) is 0.497. The first kappa shape index (κ1) is 17.3. The third-order valence-corrected chi connectivity index (χ3v) is 4.18. The van der Waals surface area contributed by atoms with Crippen LogP contribution in [0.4, 0.5) is 4.79 Å². The number of benzene rings is 1. The van der Waals surface area contributed by atoms with Gasteiger partial charge in [0, 0.05) is 5.92 Å². The number of ether oxygens (including phenoxy) is 2. The van der Waals surface area contributed by atoms with E-state index >= 15 is 0 Å². The molecular weight excluding hydrogens is 294 g/mol. The van der Waals surface area contributed by atoms with Gasteiger partial charge < -0.3 is 14.8 Å². The largest absolute Gasteiger partial charge is 0.467 e. The lowest BCUT2D eigenvalue weighted by Crippen LogP contribution is -2.64. The number of nitrogens with one attached hydrogen (secondary N) is 1. The lowest BCUT2D eigenvalue weighted by molar-refractivity contribution is -0.154. The molecule has 1 aliphatic carbocycles. The predicted octanol–water partition coefficient (Wildman–Crippen LogP) is 3.31. The van der Waals surface area contributed by atoms with E-state index in [-0.39, 0.29) is 5.92 Å². The maximum atomic E-state index is 12.4. The van der Waals surface area contributed by atoms with Gasteiger partial charge in [0.15, 0.2) is 0 Å². The van der Waals surface area contributed by atoms with Crippen LogP contribution < -0.4 is 5.32 Å². The highest BCUT2D eigenvalue weighted by Gasteiger charge is 2.56. The van der Waals surface area contributed by atoms with Gasteiger partial charge in [0.25, 0.3) is 0 Å². The quantitative estimate of drug-likeness (QED) is 0.868. The van der Waals surface area contributed by atoms with Gasteiger partial charge in [-0.3, -0.25) is 0 Å². The zero-order valence-corrected chi connectivity index (χ0v) is 14.4. The zero-order valence-electron chi connectivity index (χ0n) is 14.4. The van der Waals surface area contributed by atoms with Crippen molar-refractivity contribution in [2.45, 2.75) is 57.6 Å². The predicted molar refractivity (Wildman–Crippen MR) is 87.3 cm³/mol. The minimum Gasteiger partial charge on any atom is -0.467 e. The molecule has 1 amide bonds. The molecule has 1 N–H and O–H groups in total. The minimum atomic E-state index is -1.05. The molecule has 0 bridgehead atoms. The molecule has 5 nitrogen and oxygen atoms in total. The highest BCUT2D eigenvalue weighted by atomic mass is 16.6. The zero-order chi connectivity index (χ0) is 17.3. The third-order valence-electron chi connectivity index (χ3n) is 4.18. The van der Waals surface area contributed by atoms with E-state index in [1.165, 1.54) is 7.11 Å². The lowest BCUT2D eigenvalue weighted by atomic mass is 9.63. The van der Waals surface area contributed by atoms with Crippen molar-refractivity contribution in [1.82, 2.24) is 5.32 Å². The smallest absolute Gasteiger partial charge is 0.408 e. The Morgan fingerprint density at radius 3 is 2.26 bits per heavy atom. The molecule has 0 radical (unpaired) electrons. The molecular formula is C18H25NO4. The second kappa shape index (κ2) is 6.22. The van der Waals surface area contributed by atoms with Crippen LogP contribution in [0.25, 0.3) is 0 Å². The first-order chi connectivity index (χ1) is 10.7. The summed E-state index contributed by atoms with van der Waals surface area (Å²) in [5.74, 6) is -0.539. The van der Waals surface area contributed by atoms with Crippen molar-refractivity contribution in [2.75, 3.05) is 7.11 Å². The van der Waals surface area contributed by atoms with E-state index in [0.29, 0.717) is 6.42 Å². The minimum absolute atomic E-state index is 0.108. The van der Waals surface area contributed by atoms with Crippen molar-refractivity contribution >= 4 is 12.1 Å². The number of carbonyl (C=O) groups is 2. The first-order valence-electron chi connectivity index (χ1n) is 7.84. The van der Waals surface area contributed by atoms with E-state index in [0.717, 1.165) is 17.5 Å². The average Bonchev–Trinajstić information content (AvgIpc) is 2.43. The third kappa shape index (κ3) is 3.66. The number of hydrogen-bond acceptors (Lipinski definition) is 4. The Bertz CT molecular complexity index is 588. The number of carbonyl (C=O) groups excluding carboxylic acids is 2. The Morgan fingerprint density at radius 2 is 1.83 bits per heavy atom. The summed E-state index contributed by atoms with van der Waals surface area (Å²) < 4.78 is 10.3. The first-order valence-corrected chi connectivity index (χ1v) is 7.84. The molecule has 1 fully saturated rings. The molecule has 2 atom stereocenters. The molecule has 0 aromatic heterocycles. The maximum absolute atomic E-state index is 12.4. The van der Waals surface area contributed by atoms with Gasteiger partial charge in [-0.1, -0.05) is 29.8 Å². The summed E-state index contributed by atoms with van der Waals surface area (Å²) in [7, 11) is 1.34. The molecule has 0 unspecified atom stereocenters. The molecule has 1 aromatic rings. The Labute approximate surface area is 137 Å². The number of esters is 1. The van der Waals surface area contributed by atoms with Crippen molar-refractivity contribution in [3.63, 3.8) is 0 Å². The van der Waals surface area contributed by atoms with Gasteiger partial charge in [-0.15, -0.1) is 0 Å². The molecule has 1 aromatic carbocycles. The topological polar surface area (TPSA) is 64.6 Å². The van der Waals surface area contributed by atoms with Crippen LogP contribution in [0.15, 0.2) is 24.3 Å². The molecule has 5 heteroatoms. The van der Waals surface area contributed by atoms with Crippen molar-refractivity contribution < 1.29 is 19.1 Å². The molecule has 23 heavy (non-hydrogen) atoms. The molecule has 126 valence electrons. The molecule has 0 aliphatic heterocycles. The van der Waals surface area contributed by atoms with E-state index in [2.05, 4.69) is 5.32 Å². The van der Waals surface area contributed by atoms with E-state index in [4.69, 9.17) is 9.47 Å². The molecule has 0 spiro atoms. The number of amides is 1. The Morgan fingerprint density at radius 1 is 1.22 bits per heavy atom. The Balaban J connectivity index is 2.24. The van der Waals surface area contributed by atoms with Gasteiger partial charge in [0.1, 0.15) is 11.1 Å². The summed E-state index contributed by atoms with van der Waals surface area (Å²) >= 11 is 0. The van der Waals surface area contributed by atoms with E-state index in [1.54, 1.807) is 20.8 Å². The second-order valence-electron chi connectivity index (χ2n) is 7.09. The summed E-state index contributed by atoms with van der Waals surface area (Å²) in [6.07, 6.45) is 0.755. The highest BCUT2D eigenvalue weighted by molar-refractivity contribution is 5.88. The number of hydrogen-bond donors (Lipinski definition) is 1. The number of aryl methyl sites for hydroxylation is 1. The lowest BCUT2D eigenvalue weighted by Gasteiger charge is -2.47. The van der Waals surface area contributed by atoms with Crippen LogP contribution in [-0.4, -0.2) is 30.3 Å². The fraction of sp³-hybridized carbons (Fsp3) is 0.556. The van der Waals surface area contributed by atoms with Crippen molar-refractivity contribution in [3.8, 4) is 0 Å². The standard InChI is InChI=1S/C18H25NO4/c1-12-6-8-13(9-7-12)14-10-11-18(14,15(20)22-5)19-16(21)23-17(2,3)4/h6-9,14H,10-11H2,1-5H3,(H,19,21)/t14-,18-/m1/s1. The van der Waals surface area contributed by atoms with Crippen LogP contribution in [0.3, 0.4) is 0 Å². The van der Waals surface area contributed by atoms with Gasteiger partial charge in [0.05, 0.1) is 7.11 Å². The summed E-state index contributed by atoms with van der Waals surface area (Å²) in [4.78, 5) is 24.6. The molecule has 1 saturated carbocycles.